The maximum absolute atomic E-state index is 5.69. The van der Waals surface area contributed by atoms with Crippen LogP contribution in [0.15, 0.2) is 52.1 Å². The molecule has 0 fully saturated rings. The van der Waals surface area contributed by atoms with Crippen molar-refractivity contribution in [3.05, 3.63) is 52.6 Å². The van der Waals surface area contributed by atoms with Gasteiger partial charge < -0.3 is 10.5 Å². The average Bonchev–Trinajstić information content (AvgIpc) is 2.49. The first-order chi connectivity index (χ1) is 9.79. The molecule has 0 unspecified atom stereocenters. The highest BCUT2D eigenvalue weighted by Crippen LogP contribution is 2.25. The summed E-state index contributed by atoms with van der Waals surface area (Å²) in [6, 6.07) is 11.8. The van der Waals surface area contributed by atoms with Gasteiger partial charge in [0.05, 0.1) is 6.61 Å². The zero-order chi connectivity index (χ0) is 14.2. The molecule has 0 atom stereocenters. The number of hydrogen-bond donors (Lipinski definition) is 1. The molecule has 20 heavy (non-hydrogen) atoms. The van der Waals surface area contributed by atoms with Crippen molar-refractivity contribution in [1.82, 2.24) is 4.98 Å². The van der Waals surface area contributed by atoms with Crippen LogP contribution in [-0.4, -0.2) is 17.3 Å². The number of benzene rings is 1. The van der Waals surface area contributed by atoms with E-state index in [9.17, 15) is 0 Å². The van der Waals surface area contributed by atoms with Crippen LogP contribution in [0.5, 0.6) is 5.75 Å². The number of nitrogens with two attached hydrogens (primary N) is 1. The Kier molecular flexibility index (Phi) is 6.36. The van der Waals surface area contributed by atoms with E-state index in [2.05, 4.69) is 20.9 Å². The van der Waals surface area contributed by atoms with Crippen LogP contribution in [0.25, 0.3) is 0 Å². The van der Waals surface area contributed by atoms with Gasteiger partial charge in [0.1, 0.15) is 10.8 Å². The van der Waals surface area contributed by atoms with Gasteiger partial charge in [-0.05, 0) is 52.2 Å². The van der Waals surface area contributed by atoms with E-state index < -0.39 is 0 Å². The fourth-order valence-electron chi connectivity index (χ4n) is 1.62. The summed E-state index contributed by atoms with van der Waals surface area (Å²) in [6.45, 7) is 1.27. The van der Waals surface area contributed by atoms with Crippen LogP contribution in [0, 0.1) is 0 Å². The molecule has 0 bridgehead atoms. The number of pyridine rings is 1. The molecule has 1 heterocycles. The maximum atomic E-state index is 5.69. The van der Waals surface area contributed by atoms with Crippen molar-refractivity contribution in [3.8, 4) is 5.75 Å². The summed E-state index contributed by atoms with van der Waals surface area (Å²) >= 11 is 5.22. The number of hydrogen-bond acceptors (Lipinski definition) is 4. The van der Waals surface area contributed by atoms with Gasteiger partial charge in [0.25, 0.3) is 0 Å². The summed E-state index contributed by atoms with van der Waals surface area (Å²) in [4.78, 5) is 4.32. The Balaban J connectivity index is 1.67. The molecule has 0 aliphatic heterocycles. The van der Waals surface area contributed by atoms with Crippen molar-refractivity contribution in [2.45, 2.75) is 18.0 Å². The predicted molar refractivity (Wildman–Crippen MR) is 87.1 cm³/mol. The Morgan fingerprint density at radius 3 is 2.70 bits per heavy atom. The first kappa shape index (κ1) is 15.4. The number of thioether (sulfide) groups is 1. The van der Waals surface area contributed by atoms with Gasteiger partial charge in [-0.15, -0.1) is 11.8 Å². The quantitative estimate of drug-likeness (QED) is 0.607. The van der Waals surface area contributed by atoms with Crippen molar-refractivity contribution in [2.24, 2.45) is 5.73 Å². The van der Waals surface area contributed by atoms with E-state index in [0.717, 1.165) is 33.0 Å². The summed E-state index contributed by atoms with van der Waals surface area (Å²) in [5.41, 5.74) is 6.67. The summed E-state index contributed by atoms with van der Waals surface area (Å²) in [7, 11) is 0. The minimum atomic E-state index is 0.565. The molecule has 1 aromatic heterocycles. The smallest absolute Gasteiger partial charge is 0.119 e. The van der Waals surface area contributed by atoms with Gasteiger partial charge >= 0.3 is 0 Å². The second-order valence-corrected chi connectivity index (χ2v) is 6.13. The van der Waals surface area contributed by atoms with Gasteiger partial charge in [0.2, 0.25) is 0 Å². The zero-order valence-electron chi connectivity index (χ0n) is 11.1. The molecule has 0 saturated carbocycles. The Morgan fingerprint density at radius 1 is 1.20 bits per heavy atom. The van der Waals surface area contributed by atoms with Crippen LogP contribution in [-0.2, 0) is 6.54 Å². The van der Waals surface area contributed by atoms with Gasteiger partial charge in [0.15, 0.2) is 0 Å². The second-order valence-electron chi connectivity index (χ2n) is 4.19. The van der Waals surface area contributed by atoms with Crippen molar-refractivity contribution in [1.29, 1.82) is 0 Å². The summed E-state index contributed by atoms with van der Waals surface area (Å²) in [5.74, 6) is 1.88. The minimum absolute atomic E-state index is 0.565. The zero-order valence-corrected chi connectivity index (χ0v) is 13.5. The Labute approximate surface area is 132 Å². The number of rotatable bonds is 7. The normalized spacial score (nSPS) is 10.5. The topological polar surface area (TPSA) is 48.1 Å². The number of nitrogens with zero attached hydrogens (tertiary/aromatic N) is 1. The van der Waals surface area contributed by atoms with Crippen LogP contribution in [0.1, 0.15) is 12.0 Å². The van der Waals surface area contributed by atoms with Crippen molar-refractivity contribution < 1.29 is 4.74 Å². The molecule has 2 aromatic rings. The highest BCUT2D eigenvalue weighted by molar-refractivity contribution is 9.10. The van der Waals surface area contributed by atoms with Gasteiger partial charge in [-0.1, -0.05) is 12.1 Å². The Bertz CT molecular complexity index is 534. The Hall–Kier alpha value is -1.04. The van der Waals surface area contributed by atoms with Gasteiger partial charge in [-0.25, -0.2) is 4.98 Å². The standard InChI is InChI=1S/C15H17BrN2OS/c16-14-3-1-8-18-15(14)20-10-2-9-19-13-6-4-12(11-17)5-7-13/h1,3-8H,2,9-11,17H2. The van der Waals surface area contributed by atoms with Crippen molar-refractivity contribution in [2.75, 3.05) is 12.4 Å². The lowest BCUT2D eigenvalue weighted by molar-refractivity contribution is 0.318. The van der Waals surface area contributed by atoms with Crippen LogP contribution < -0.4 is 10.5 Å². The summed E-state index contributed by atoms with van der Waals surface area (Å²) in [5, 5.41) is 1.03. The molecule has 5 heteroatoms. The van der Waals surface area contributed by atoms with Gasteiger partial charge in [-0.3, -0.25) is 0 Å². The molecular weight excluding hydrogens is 336 g/mol. The van der Waals surface area contributed by atoms with Crippen LogP contribution in [0.2, 0.25) is 0 Å². The third-order valence-electron chi connectivity index (χ3n) is 2.68. The predicted octanol–water partition coefficient (Wildman–Crippen LogP) is 3.86. The molecule has 0 aliphatic rings. The molecular formula is C15H17BrN2OS. The number of halogens is 1. The molecule has 3 nitrogen and oxygen atoms in total. The first-order valence-electron chi connectivity index (χ1n) is 6.44. The SMILES string of the molecule is NCc1ccc(OCCCSc2ncccc2Br)cc1. The fraction of sp³-hybridized carbons (Fsp3) is 0.267. The van der Waals surface area contributed by atoms with E-state index in [-0.39, 0.29) is 0 Å². The first-order valence-corrected chi connectivity index (χ1v) is 8.22. The monoisotopic (exact) mass is 352 g/mol. The molecule has 2 rings (SSSR count). The van der Waals surface area contributed by atoms with Crippen LogP contribution in [0.3, 0.4) is 0 Å². The maximum Gasteiger partial charge on any atom is 0.119 e. The van der Waals surface area contributed by atoms with Crippen LogP contribution >= 0.6 is 27.7 Å². The minimum Gasteiger partial charge on any atom is -0.494 e. The lowest BCUT2D eigenvalue weighted by atomic mass is 10.2. The molecule has 0 saturated heterocycles. The fourth-order valence-corrected chi connectivity index (χ4v) is 3.01. The van der Waals surface area contributed by atoms with Gasteiger partial charge in [-0.2, -0.15) is 0 Å². The highest BCUT2D eigenvalue weighted by atomic mass is 79.9. The number of ether oxygens (including phenoxy) is 1. The van der Waals surface area contributed by atoms with Crippen molar-refractivity contribution in [3.63, 3.8) is 0 Å². The summed E-state index contributed by atoms with van der Waals surface area (Å²) < 4.78 is 6.73. The van der Waals surface area contributed by atoms with E-state index >= 15 is 0 Å². The largest absolute Gasteiger partial charge is 0.494 e. The lowest BCUT2D eigenvalue weighted by Gasteiger charge is -2.07. The third-order valence-corrected chi connectivity index (χ3v) is 4.67. The second kappa shape index (κ2) is 8.29. The van der Waals surface area contributed by atoms with Gasteiger partial charge in [0, 0.05) is 23.0 Å². The molecule has 0 aliphatic carbocycles. The molecule has 0 spiro atoms. The summed E-state index contributed by atoms with van der Waals surface area (Å²) in [6.07, 6.45) is 2.79. The van der Waals surface area contributed by atoms with Crippen molar-refractivity contribution >= 4 is 27.7 Å². The van der Waals surface area contributed by atoms with E-state index in [0.29, 0.717) is 13.2 Å². The highest BCUT2D eigenvalue weighted by Gasteiger charge is 2.01. The molecule has 0 radical (unpaired) electrons. The van der Waals surface area contributed by atoms with E-state index in [1.165, 1.54) is 0 Å². The van der Waals surface area contributed by atoms with Crippen LogP contribution in [0.4, 0.5) is 0 Å². The third kappa shape index (κ3) is 4.81. The van der Waals surface area contributed by atoms with E-state index in [4.69, 9.17) is 10.5 Å². The van der Waals surface area contributed by atoms with E-state index in [1.54, 1.807) is 11.8 Å². The number of aromatic nitrogens is 1. The molecule has 1 aromatic carbocycles. The van der Waals surface area contributed by atoms with E-state index in [1.807, 2.05) is 42.6 Å². The lowest BCUT2D eigenvalue weighted by Crippen LogP contribution is -2.00. The Morgan fingerprint density at radius 2 is 2.00 bits per heavy atom. The molecule has 0 amide bonds. The molecule has 106 valence electrons. The molecule has 2 N–H and O–H groups in total. The average molecular weight is 353 g/mol.